The molecule has 3 saturated carbocycles. The molecule has 0 saturated heterocycles. The molecule has 0 amide bonds. The zero-order valence-electron chi connectivity index (χ0n) is 33.6. The second-order valence-corrected chi connectivity index (χ2v) is 29.1. The maximum atomic E-state index is 12.1. The van der Waals surface area contributed by atoms with Gasteiger partial charge in [0, 0.05) is 12.8 Å². The molecule has 6 heteroatoms. The van der Waals surface area contributed by atoms with Crippen LogP contribution in [0.2, 0.25) is 33.2 Å². The van der Waals surface area contributed by atoms with E-state index in [0.29, 0.717) is 57.8 Å². The Morgan fingerprint density at radius 3 is 1.85 bits per heavy atom. The number of fused-ring (bicyclic) bond motifs is 1. The van der Waals surface area contributed by atoms with Gasteiger partial charge in [0.1, 0.15) is 0 Å². The first-order valence-electron chi connectivity index (χ1n) is 19.7. The summed E-state index contributed by atoms with van der Waals surface area (Å²) in [6.07, 6.45) is 13.5. The number of hydrogen-bond donors (Lipinski definition) is 0. The van der Waals surface area contributed by atoms with Crippen LogP contribution in [0.5, 0.6) is 0 Å². The fourth-order valence-corrected chi connectivity index (χ4v) is 22.8. The van der Waals surface area contributed by atoms with E-state index < -0.39 is 16.6 Å². The van der Waals surface area contributed by atoms with E-state index in [0.717, 1.165) is 25.7 Å². The van der Waals surface area contributed by atoms with Crippen molar-refractivity contribution in [3.63, 3.8) is 0 Å². The monoisotopic (exact) mass is 699 g/mol. The summed E-state index contributed by atoms with van der Waals surface area (Å²) in [5, 5.41) is 0. The molecule has 3 aliphatic carbocycles. The number of carbonyl (C=O) groups excluding carboxylic acids is 2. The van der Waals surface area contributed by atoms with Gasteiger partial charge in [-0.05, 0) is 106 Å². The summed E-state index contributed by atoms with van der Waals surface area (Å²) in [5.41, 5.74) is 7.35. The minimum Gasteiger partial charge on any atom is -0.413 e. The number of aldehydes is 1. The lowest BCUT2D eigenvalue weighted by Gasteiger charge is -2.49. The van der Waals surface area contributed by atoms with Crippen LogP contribution in [-0.2, 0) is 18.4 Å². The minimum absolute atomic E-state index is 0.0193. The van der Waals surface area contributed by atoms with E-state index in [9.17, 15) is 9.59 Å². The molecule has 6 atom stereocenters. The lowest BCUT2D eigenvalue weighted by atomic mass is 9.60. The summed E-state index contributed by atoms with van der Waals surface area (Å²) in [6, 6.07) is 0. The van der Waals surface area contributed by atoms with Crippen molar-refractivity contribution in [2.75, 3.05) is 0 Å². The largest absolute Gasteiger partial charge is 0.413 e. The molecule has 0 radical (unpaired) electrons. The second-order valence-electron chi connectivity index (χ2n) is 18.2. The Bertz CT molecular complexity index is 1150. The fraction of sp³-hybridized carbons (Fsp3) is 0.810. The molecule has 274 valence electrons. The van der Waals surface area contributed by atoms with Crippen molar-refractivity contribution < 1.29 is 18.4 Å². The van der Waals surface area contributed by atoms with Gasteiger partial charge >= 0.3 is 0 Å². The molecule has 0 heterocycles. The first-order chi connectivity index (χ1) is 22.3. The molecule has 3 fully saturated rings. The standard InChI is InChI=1S/C42H74O4Si2/c1-27(2)47(28(3)4,29(5)6)45-38-24-36(34(14)41(25-38)46-48(30(7)8,31(9)10)32(11)12)19-18-35-17-16-22-42(15)39(20-21-40(35)42)33(13)23-37(44)26-43/h18-19,26-33,38-41H,14,16-17,20-25H2,1-13,15H3/b35-18?,36-19+/t33-,38-,39-,40+,41+,42-/m1/s1. The number of ketones is 1. The molecule has 0 aromatic rings. The third-order valence-corrected chi connectivity index (χ3v) is 26.0. The van der Waals surface area contributed by atoms with Crippen molar-refractivity contribution in [3.05, 3.63) is 35.5 Å². The summed E-state index contributed by atoms with van der Waals surface area (Å²) < 4.78 is 15.1. The second kappa shape index (κ2) is 16.5. The topological polar surface area (TPSA) is 52.6 Å². The van der Waals surface area contributed by atoms with E-state index in [1.165, 1.54) is 30.4 Å². The summed E-state index contributed by atoms with van der Waals surface area (Å²) in [7, 11) is -4.25. The average Bonchev–Trinajstić information content (AvgIpc) is 3.35. The molecule has 48 heavy (non-hydrogen) atoms. The molecule has 0 unspecified atom stereocenters. The van der Waals surface area contributed by atoms with Gasteiger partial charge in [0.05, 0.1) is 12.2 Å². The maximum absolute atomic E-state index is 12.1. The minimum atomic E-state index is -2.15. The third-order valence-electron chi connectivity index (χ3n) is 13.7. The lowest BCUT2D eigenvalue weighted by Crippen LogP contribution is -2.54. The van der Waals surface area contributed by atoms with Gasteiger partial charge in [0.2, 0.25) is 16.6 Å². The number of rotatable bonds is 15. The van der Waals surface area contributed by atoms with Crippen LogP contribution in [0.25, 0.3) is 0 Å². The molecule has 0 bridgehead atoms. The van der Waals surface area contributed by atoms with E-state index >= 15 is 0 Å². The molecular weight excluding hydrogens is 625 g/mol. The quantitative estimate of drug-likeness (QED) is 0.0970. The molecule has 3 aliphatic rings. The van der Waals surface area contributed by atoms with Crippen molar-refractivity contribution in [2.45, 2.75) is 194 Å². The van der Waals surface area contributed by atoms with Gasteiger partial charge in [0.25, 0.3) is 0 Å². The van der Waals surface area contributed by atoms with E-state index in [4.69, 9.17) is 15.4 Å². The first-order valence-corrected chi connectivity index (χ1v) is 24.0. The van der Waals surface area contributed by atoms with Crippen LogP contribution in [0.15, 0.2) is 35.5 Å². The van der Waals surface area contributed by atoms with E-state index in [-0.39, 0.29) is 29.3 Å². The summed E-state index contributed by atoms with van der Waals surface area (Å²) >= 11 is 0. The molecule has 4 nitrogen and oxygen atoms in total. The molecule has 0 spiro atoms. The van der Waals surface area contributed by atoms with Crippen LogP contribution in [0.1, 0.15) is 148 Å². The average molecular weight is 699 g/mol. The Balaban J connectivity index is 2.04. The summed E-state index contributed by atoms with van der Waals surface area (Å²) in [4.78, 5) is 23.2. The van der Waals surface area contributed by atoms with Gasteiger partial charge in [-0.15, -0.1) is 0 Å². The van der Waals surface area contributed by atoms with Crippen molar-refractivity contribution in [2.24, 2.45) is 23.2 Å². The number of allylic oxidation sites excluding steroid dienone is 3. The highest BCUT2D eigenvalue weighted by atomic mass is 28.4. The summed E-state index contributed by atoms with van der Waals surface area (Å²) in [6.45, 7) is 38.1. The maximum Gasteiger partial charge on any atom is 0.201 e. The Labute approximate surface area is 298 Å². The number of carbonyl (C=O) groups is 2. The number of Topliss-reactive ketones (excluding diaryl/α,β-unsaturated/α-hetero) is 1. The highest BCUT2D eigenvalue weighted by Gasteiger charge is 2.52. The van der Waals surface area contributed by atoms with Crippen molar-refractivity contribution in [1.82, 2.24) is 0 Å². The van der Waals surface area contributed by atoms with E-state index in [2.05, 4.69) is 109 Å². The Hall–Kier alpha value is -1.09. The normalized spacial score (nSPS) is 29.7. The van der Waals surface area contributed by atoms with Crippen LogP contribution >= 0.6 is 0 Å². The van der Waals surface area contributed by atoms with Crippen LogP contribution in [0.4, 0.5) is 0 Å². The summed E-state index contributed by atoms with van der Waals surface area (Å²) in [5.74, 6) is 0.993. The van der Waals surface area contributed by atoms with Gasteiger partial charge in [-0.25, -0.2) is 0 Å². The third kappa shape index (κ3) is 8.02. The smallest absolute Gasteiger partial charge is 0.201 e. The SMILES string of the molecule is C=C1/C(=C/C=C2CCC[C@]3(C)[C@@H]([C@H](C)CC(=O)C=O)CC[C@@H]23)C[C@@H](O[Si](C(C)C)(C(C)C)C(C)C)C[C@@H]1O[Si](C(C)C)(C(C)C)C(C)C. The van der Waals surface area contributed by atoms with Crippen LogP contribution in [0.3, 0.4) is 0 Å². The van der Waals surface area contributed by atoms with Crippen molar-refractivity contribution in [1.29, 1.82) is 0 Å². The highest BCUT2D eigenvalue weighted by Crippen LogP contribution is 2.60. The van der Waals surface area contributed by atoms with Gasteiger partial charge in [-0.3, -0.25) is 9.59 Å². The Morgan fingerprint density at radius 1 is 0.833 bits per heavy atom. The molecular formula is C42H74O4Si2. The highest BCUT2D eigenvalue weighted by molar-refractivity contribution is 6.78. The fourth-order valence-electron chi connectivity index (χ4n) is 11.7. The lowest BCUT2D eigenvalue weighted by molar-refractivity contribution is -0.130. The molecule has 3 rings (SSSR count). The Kier molecular flexibility index (Phi) is 14.2. The van der Waals surface area contributed by atoms with Crippen LogP contribution in [0, 0.1) is 23.2 Å². The van der Waals surface area contributed by atoms with Gasteiger partial charge < -0.3 is 8.85 Å². The van der Waals surface area contributed by atoms with E-state index in [1.807, 2.05) is 0 Å². The van der Waals surface area contributed by atoms with E-state index in [1.54, 1.807) is 5.57 Å². The first kappa shape index (κ1) is 41.3. The Morgan fingerprint density at radius 2 is 1.35 bits per heavy atom. The van der Waals surface area contributed by atoms with Gasteiger partial charge in [0.15, 0.2) is 12.1 Å². The van der Waals surface area contributed by atoms with Crippen molar-refractivity contribution >= 4 is 28.7 Å². The molecule has 0 N–H and O–H groups in total. The van der Waals surface area contributed by atoms with Crippen LogP contribution < -0.4 is 0 Å². The van der Waals surface area contributed by atoms with Crippen molar-refractivity contribution in [3.8, 4) is 0 Å². The molecule has 0 aliphatic heterocycles. The zero-order valence-corrected chi connectivity index (χ0v) is 35.6. The predicted molar refractivity (Wildman–Crippen MR) is 209 cm³/mol. The van der Waals surface area contributed by atoms with Crippen LogP contribution in [-0.4, -0.2) is 40.9 Å². The molecule has 0 aromatic carbocycles. The van der Waals surface area contributed by atoms with Gasteiger partial charge in [-0.2, -0.15) is 0 Å². The number of hydrogen-bond acceptors (Lipinski definition) is 4. The zero-order chi connectivity index (χ0) is 36.4. The molecule has 0 aromatic heterocycles. The predicted octanol–water partition coefficient (Wildman–Crippen LogP) is 12.3. The van der Waals surface area contributed by atoms with Gasteiger partial charge in [-0.1, -0.05) is 121 Å².